The Labute approximate surface area is 162 Å². The second-order valence-corrected chi connectivity index (χ2v) is 6.40. The number of carbonyl (C=O) groups excluding carboxylic acids is 1. The Bertz CT molecular complexity index is 1050. The summed E-state index contributed by atoms with van der Waals surface area (Å²) in [5, 5.41) is 17.9. The summed E-state index contributed by atoms with van der Waals surface area (Å²) in [6, 6.07) is 19.5. The van der Waals surface area contributed by atoms with Gasteiger partial charge in [0.25, 0.3) is 0 Å². The number of hydrogen-bond acceptors (Lipinski definition) is 6. The van der Waals surface area contributed by atoms with E-state index >= 15 is 0 Å². The Hall–Kier alpha value is -3.79. The van der Waals surface area contributed by atoms with Crippen LogP contribution in [0, 0.1) is 18.3 Å². The highest BCUT2D eigenvalue weighted by atomic mass is 16.5. The first kappa shape index (κ1) is 17.6. The zero-order valence-electron chi connectivity index (χ0n) is 15.7. The van der Waals surface area contributed by atoms with E-state index in [2.05, 4.69) is 11.2 Å². The van der Waals surface area contributed by atoms with Gasteiger partial charge in [0, 0.05) is 0 Å². The minimum Gasteiger partial charge on any atom is -0.461 e. The van der Waals surface area contributed by atoms with Crippen molar-refractivity contribution in [3.05, 3.63) is 71.5 Å². The number of anilines is 2. The summed E-state index contributed by atoms with van der Waals surface area (Å²) in [4.78, 5) is 12.8. The molecule has 2 heterocycles. The summed E-state index contributed by atoms with van der Waals surface area (Å²) < 4.78 is 6.77. The van der Waals surface area contributed by atoms with Gasteiger partial charge in [0.05, 0.1) is 18.0 Å². The zero-order chi connectivity index (χ0) is 19.7. The third kappa shape index (κ3) is 3.05. The van der Waals surface area contributed by atoms with E-state index in [1.165, 1.54) is 4.68 Å². The maximum atomic E-state index is 12.8. The van der Waals surface area contributed by atoms with E-state index in [0.717, 1.165) is 11.3 Å². The number of rotatable bonds is 5. The second-order valence-electron chi connectivity index (χ2n) is 6.40. The standard InChI is InChI=1S/C21H19N5O2/c1-3-28-21(27)20-19(25-14-24(25)16-7-5-4-6-8-16)18(13-22)23-26(20)17-11-9-15(2)10-12-17/h4-12H,3,14H2,1-2H3. The molecule has 0 amide bonds. The number of para-hydroxylation sites is 1. The minimum atomic E-state index is -0.507. The fraction of sp³-hybridized carbons (Fsp3) is 0.190. The van der Waals surface area contributed by atoms with Gasteiger partial charge in [-0.15, -0.1) is 0 Å². The first-order chi connectivity index (χ1) is 13.6. The average Bonchev–Trinajstić information content (AvgIpc) is 3.41. The van der Waals surface area contributed by atoms with Crippen LogP contribution in [0.4, 0.5) is 11.4 Å². The van der Waals surface area contributed by atoms with E-state index in [4.69, 9.17) is 4.74 Å². The number of esters is 1. The Morgan fingerprint density at radius 1 is 1.11 bits per heavy atom. The highest BCUT2D eigenvalue weighted by molar-refractivity contribution is 5.97. The highest BCUT2D eigenvalue weighted by Gasteiger charge is 2.40. The van der Waals surface area contributed by atoms with Crippen molar-refractivity contribution in [3.8, 4) is 11.8 Å². The molecule has 1 saturated heterocycles. The van der Waals surface area contributed by atoms with E-state index in [1.807, 2.05) is 71.5 Å². The van der Waals surface area contributed by atoms with Crippen LogP contribution >= 0.6 is 0 Å². The normalized spacial score (nSPS) is 12.6. The number of nitriles is 1. The number of hydrazine groups is 1. The van der Waals surface area contributed by atoms with Crippen molar-refractivity contribution in [1.29, 1.82) is 5.26 Å². The molecular weight excluding hydrogens is 354 g/mol. The SMILES string of the molecule is CCOC(=O)c1c(N2CN2c2ccccc2)c(C#N)nn1-c1ccc(C)cc1. The van der Waals surface area contributed by atoms with Gasteiger partial charge in [0.2, 0.25) is 0 Å². The minimum absolute atomic E-state index is 0.182. The number of aryl methyl sites for hydroxylation is 1. The lowest BCUT2D eigenvalue weighted by molar-refractivity contribution is 0.0516. The van der Waals surface area contributed by atoms with Crippen molar-refractivity contribution < 1.29 is 9.53 Å². The number of benzene rings is 2. The Morgan fingerprint density at radius 3 is 2.46 bits per heavy atom. The van der Waals surface area contributed by atoms with Crippen LogP contribution in [0.25, 0.3) is 5.69 Å². The summed E-state index contributed by atoms with van der Waals surface area (Å²) in [6.07, 6.45) is 0. The molecule has 0 spiro atoms. The molecule has 0 bridgehead atoms. The largest absolute Gasteiger partial charge is 0.461 e. The molecule has 0 N–H and O–H groups in total. The van der Waals surface area contributed by atoms with Crippen LogP contribution in [0.1, 0.15) is 28.7 Å². The molecule has 1 aliphatic rings. The van der Waals surface area contributed by atoms with E-state index in [0.29, 0.717) is 18.0 Å². The zero-order valence-corrected chi connectivity index (χ0v) is 15.7. The van der Waals surface area contributed by atoms with Crippen molar-refractivity contribution in [2.75, 3.05) is 23.3 Å². The van der Waals surface area contributed by atoms with Crippen LogP contribution in [-0.2, 0) is 4.74 Å². The van der Waals surface area contributed by atoms with Gasteiger partial charge in [-0.1, -0.05) is 35.9 Å². The van der Waals surface area contributed by atoms with E-state index in [9.17, 15) is 10.1 Å². The van der Waals surface area contributed by atoms with Gasteiger partial charge in [-0.3, -0.25) is 10.0 Å². The van der Waals surface area contributed by atoms with E-state index in [1.54, 1.807) is 6.92 Å². The van der Waals surface area contributed by atoms with Crippen LogP contribution in [0.15, 0.2) is 54.6 Å². The number of ether oxygens (including phenoxy) is 1. The molecule has 1 fully saturated rings. The lowest BCUT2D eigenvalue weighted by Crippen LogP contribution is -2.15. The van der Waals surface area contributed by atoms with Crippen LogP contribution in [-0.4, -0.2) is 29.0 Å². The van der Waals surface area contributed by atoms with Gasteiger partial charge in [-0.25, -0.2) is 9.48 Å². The Kier molecular flexibility index (Phi) is 4.45. The van der Waals surface area contributed by atoms with Gasteiger partial charge >= 0.3 is 5.97 Å². The molecule has 0 unspecified atom stereocenters. The smallest absolute Gasteiger partial charge is 0.359 e. The van der Waals surface area contributed by atoms with Crippen molar-refractivity contribution in [2.24, 2.45) is 0 Å². The molecule has 3 aromatic rings. The summed E-state index contributed by atoms with van der Waals surface area (Å²) >= 11 is 0. The molecular formula is C21H19N5O2. The van der Waals surface area contributed by atoms with Crippen molar-refractivity contribution in [2.45, 2.75) is 13.8 Å². The molecule has 7 nitrogen and oxygen atoms in total. The van der Waals surface area contributed by atoms with E-state index < -0.39 is 5.97 Å². The van der Waals surface area contributed by atoms with Crippen LogP contribution in [0.5, 0.6) is 0 Å². The lowest BCUT2D eigenvalue weighted by Gasteiger charge is -2.11. The van der Waals surface area contributed by atoms with Crippen molar-refractivity contribution in [1.82, 2.24) is 9.78 Å². The fourth-order valence-corrected chi connectivity index (χ4v) is 3.10. The van der Waals surface area contributed by atoms with Crippen LogP contribution in [0.3, 0.4) is 0 Å². The summed E-state index contributed by atoms with van der Waals surface area (Å²) in [6.45, 7) is 4.54. The molecule has 0 aliphatic carbocycles. The van der Waals surface area contributed by atoms with Gasteiger partial charge in [-0.2, -0.15) is 10.4 Å². The molecule has 1 aromatic heterocycles. The molecule has 28 heavy (non-hydrogen) atoms. The first-order valence-corrected chi connectivity index (χ1v) is 9.01. The molecule has 2 aromatic carbocycles. The second kappa shape index (κ2) is 7.08. The van der Waals surface area contributed by atoms with Gasteiger partial charge in [-0.05, 0) is 38.1 Å². The molecule has 0 saturated carbocycles. The van der Waals surface area contributed by atoms with Gasteiger partial charge in [0.1, 0.15) is 18.4 Å². The predicted molar refractivity (Wildman–Crippen MR) is 105 cm³/mol. The predicted octanol–water partition coefficient (Wildman–Crippen LogP) is 3.43. The molecule has 4 rings (SSSR count). The summed E-state index contributed by atoms with van der Waals surface area (Å²) in [5.41, 5.74) is 3.66. The quantitative estimate of drug-likeness (QED) is 0.504. The molecule has 140 valence electrons. The number of aromatic nitrogens is 2. The lowest BCUT2D eigenvalue weighted by atomic mass is 10.2. The maximum absolute atomic E-state index is 12.8. The average molecular weight is 373 g/mol. The van der Waals surface area contributed by atoms with E-state index in [-0.39, 0.29) is 18.0 Å². The Balaban J connectivity index is 1.82. The molecule has 1 aliphatic heterocycles. The van der Waals surface area contributed by atoms with Crippen LogP contribution < -0.4 is 10.0 Å². The summed E-state index contributed by atoms with van der Waals surface area (Å²) in [7, 11) is 0. The Morgan fingerprint density at radius 2 is 1.82 bits per heavy atom. The van der Waals surface area contributed by atoms with Crippen LogP contribution in [0.2, 0.25) is 0 Å². The highest BCUT2D eigenvalue weighted by Crippen LogP contribution is 2.38. The first-order valence-electron chi connectivity index (χ1n) is 9.01. The topological polar surface area (TPSA) is 73.9 Å². The van der Waals surface area contributed by atoms with Crippen molar-refractivity contribution in [3.63, 3.8) is 0 Å². The van der Waals surface area contributed by atoms with Crippen molar-refractivity contribution >= 4 is 17.3 Å². The van der Waals surface area contributed by atoms with Gasteiger partial charge in [0.15, 0.2) is 11.4 Å². The number of carbonyl (C=O) groups is 1. The third-order valence-corrected chi connectivity index (χ3v) is 4.50. The van der Waals surface area contributed by atoms with Gasteiger partial charge < -0.3 is 4.74 Å². The maximum Gasteiger partial charge on any atom is 0.359 e. The fourth-order valence-electron chi connectivity index (χ4n) is 3.10. The number of nitrogens with zero attached hydrogens (tertiary/aromatic N) is 5. The molecule has 0 atom stereocenters. The molecule has 0 radical (unpaired) electrons. The third-order valence-electron chi connectivity index (χ3n) is 4.50. The molecule has 7 heteroatoms. The summed E-state index contributed by atoms with van der Waals surface area (Å²) in [5.74, 6) is -0.507. The number of hydrogen-bond donors (Lipinski definition) is 0. The monoisotopic (exact) mass is 373 g/mol.